The number of nitrogens with one attached hydrogen (secondary N) is 1. The highest BCUT2D eigenvalue weighted by Crippen LogP contribution is 2.30. The minimum atomic E-state index is 0.669. The van der Waals surface area contributed by atoms with E-state index in [9.17, 15) is 0 Å². The molecule has 1 aliphatic carbocycles. The van der Waals surface area contributed by atoms with E-state index >= 15 is 0 Å². The molecule has 2 rings (SSSR count). The summed E-state index contributed by atoms with van der Waals surface area (Å²) >= 11 is 0. The molecule has 70 valence electrons. The van der Waals surface area contributed by atoms with Gasteiger partial charge < -0.3 is 5.32 Å². The fourth-order valence-electron chi connectivity index (χ4n) is 1.70. The molecule has 2 heteroatoms. The van der Waals surface area contributed by atoms with Crippen molar-refractivity contribution in [2.75, 3.05) is 5.32 Å². The molecule has 0 amide bonds. The molecule has 0 bridgehead atoms. The summed E-state index contributed by atoms with van der Waals surface area (Å²) in [6, 6.07) is 2.72. The zero-order valence-electron chi connectivity index (χ0n) is 8.25. The standard InChI is InChI=1S/C11H16N2/c1-8-3-4-10(8)13-11-7-12-6-5-9(11)2/h5-8,10,13H,3-4H2,1-2H3. The van der Waals surface area contributed by atoms with Crippen molar-refractivity contribution in [1.29, 1.82) is 0 Å². The van der Waals surface area contributed by atoms with E-state index in [2.05, 4.69) is 24.1 Å². The van der Waals surface area contributed by atoms with Gasteiger partial charge in [0.15, 0.2) is 0 Å². The average Bonchev–Trinajstić information content (AvgIpc) is 2.14. The number of hydrogen-bond donors (Lipinski definition) is 1. The molecule has 1 heterocycles. The van der Waals surface area contributed by atoms with Gasteiger partial charge in [-0.15, -0.1) is 0 Å². The van der Waals surface area contributed by atoms with Gasteiger partial charge in [-0.05, 0) is 37.3 Å². The van der Waals surface area contributed by atoms with Crippen LogP contribution in [0.4, 0.5) is 5.69 Å². The maximum atomic E-state index is 4.12. The van der Waals surface area contributed by atoms with Gasteiger partial charge in [0.25, 0.3) is 0 Å². The molecule has 0 aromatic carbocycles. The van der Waals surface area contributed by atoms with E-state index in [4.69, 9.17) is 0 Å². The second kappa shape index (κ2) is 3.36. The van der Waals surface area contributed by atoms with Crippen LogP contribution in [0.15, 0.2) is 18.5 Å². The molecule has 1 aliphatic rings. The third-order valence-corrected chi connectivity index (χ3v) is 3.00. The number of aromatic nitrogens is 1. The number of aryl methyl sites for hydroxylation is 1. The van der Waals surface area contributed by atoms with Gasteiger partial charge >= 0.3 is 0 Å². The molecule has 0 spiro atoms. The molecule has 2 atom stereocenters. The molecule has 0 radical (unpaired) electrons. The molecule has 2 nitrogen and oxygen atoms in total. The molecule has 0 saturated heterocycles. The Labute approximate surface area is 79.4 Å². The maximum Gasteiger partial charge on any atom is 0.0558 e. The summed E-state index contributed by atoms with van der Waals surface area (Å²) in [4.78, 5) is 4.12. The summed E-state index contributed by atoms with van der Waals surface area (Å²) in [6.45, 7) is 4.42. The number of rotatable bonds is 2. The van der Waals surface area contributed by atoms with Gasteiger partial charge in [0.1, 0.15) is 0 Å². The van der Waals surface area contributed by atoms with E-state index < -0.39 is 0 Å². The van der Waals surface area contributed by atoms with Crippen LogP contribution in [0.25, 0.3) is 0 Å². The van der Waals surface area contributed by atoms with Crippen molar-refractivity contribution in [1.82, 2.24) is 4.98 Å². The van der Waals surface area contributed by atoms with Crippen molar-refractivity contribution in [3.05, 3.63) is 24.0 Å². The van der Waals surface area contributed by atoms with Gasteiger partial charge in [0, 0.05) is 12.2 Å². The van der Waals surface area contributed by atoms with Gasteiger partial charge in [0.2, 0.25) is 0 Å². The number of pyridine rings is 1. The molecule has 0 aliphatic heterocycles. The van der Waals surface area contributed by atoms with Crippen molar-refractivity contribution in [2.24, 2.45) is 5.92 Å². The highest BCUT2D eigenvalue weighted by atomic mass is 15.0. The number of nitrogens with zero attached hydrogens (tertiary/aromatic N) is 1. The summed E-state index contributed by atoms with van der Waals surface area (Å²) in [6.07, 6.45) is 6.41. The minimum absolute atomic E-state index is 0.669. The third kappa shape index (κ3) is 1.67. The van der Waals surface area contributed by atoms with Crippen LogP contribution in [-0.4, -0.2) is 11.0 Å². The smallest absolute Gasteiger partial charge is 0.0558 e. The number of hydrogen-bond acceptors (Lipinski definition) is 2. The summed E-state index contributed by atoms with van der Waals surface area (Å²) < 4.78 is 0. The molecule has 13 heavy (non-hydrogen) atoms. The Morgan fingerprint density at radius 1 is 1.46 bits per heavy atom. The summed E-state index contributed by atoms with van der Waals surface area (Å²) in [5.74, 6) is 0.819. The first kappa shape index (κ1) is 8.54. The molecule has 1 N–H and O–H groups in total. The van der Waals surface area contributed by atoms with Crippen molar-refractivity contribution in [3.63, 3.8) is 0 Å². The van der Waals surface area contributed by atoms with Crippen LogP contribution in [-0.2, 0) is 0 Å². The first-order valence-electron chi connectivity index (χ1n) is 4.94. The molecular weight excluding hydrogens is 160 g/mol. The Morgan fingerprint density at radius 2 is 2.31 bits per heavy atom. The van der Waals surface area contributed by atoms with Crippen LogP contribution in [0.1, 0.15) is 25.3 Å². The summed E-state index contributed by atoms with van der Waals surface area (Å²) in [7, 11) is 0. The van der Waals surface area contributed by atoms with E-state index in [1.165, 1.54) is 24.1 Å². The predicted octanol–water partition coefficient (Wildman–Crippen LogP) is 2.60. The van der Waals surface area contributed by atoms with Crippen molar-refractivity contribution >= 4 is 5.69 Å². The van der Waals surface area contributed by atoms with Crippen LogP contribution in [0, 0.1) is 12.8 Å². The first-order valence-corrected chi connectivity index (χ1v) is 4.94. The Balaban J connectivity index is 2.05. The third-order valence-electron chi connectivity index (χ3n) is 3.00. The highest BCUT2D eigenvalue weighted by Gasteiger charge is 2.26. The van der Waals surface area contributed by atoms with Gasteiger partial charge in [-0.25, -0.2) is 0 Å². The topological polar surface area (TPSA) is 24.9 Å². The molecule has 1 aromatic heterocycles. The van der Waals surface area contributed by atoms with Gasteiger partial charge in [-0.1, -0.05) is 6.92 Å². The average molecular weight is 176 g/mol. The van der Waals surface area contributed by atoms with E-state index in [0.717, 1.165) is 5.92 Å². The number of anilines is 1. The predicted molar refractivity (Wildman–Crippen MR) is 54.8 cm³/mol. The van der Waals surface area contributed by atoms with Crippen molar-refractivity contribution in [3.8, 4) is 0 Å². The van der Waals surface area contributed by atoms with E-state index in [0.29, 0.717) is 6.04 Å². The lowest BCUT2D eigenvalue weighted by Crippen LogP contribution is -2.36. The van der Waals surface area contributed by atoms with Gasteiger partial charge in [-0.3, -0.25) is 4.98 Å². The van der Waals surface area contributed by atoms with Crippen LogP contribution < -0.4 is 5.32 Å². The quantitative estimate of drug-likeness (QED) is 0.749. The van der Waals surface area contributed by atoms with Crippen molar-refractivity contribution in [2.45, 2.75) is 32.7 Å². The van der Waals surface area contributed by atoms with Crippen LogP contribution in [0.5, 0.6) is 0 Å². The summed E-state index contributed by atoms with van der Waals surface area (Å²) in [5, 5.41) is 3.53. The van der Waals surface area contributed by atoms with Crippen LogP contribution >= 0.6 is 0 Å². The normalized spacial score (nSPS) is 26.6. The molecule has 1 fully saturated rings. The molecule has 2 unspecified atom stereocenters. The lowest BCUT2D eigenvalue weighted by Gasteiger charge is -2.35. The van der Waals surface area contributed by atoms with Gasteiger partial charge in [0.05, 0.1) is 11.9 Å². The first-order chi connectivity index (χ1) is 6.27. The monoisotopic (exact) mass is 176 g/mol. The highest BCUT2D eigenvalue weighted by molar-refractivity contribution is 5.49. The second-order valence-corrected chi connectivity index (χ2v) is 4.00. The maximum absolute atomic E-state index is 4.12. The fraction of sp³-hybridized carbons (Fsp3) is 0.545. The Kier molecular flexibility index (Phi) is 2.21. The van der Waals surface area contributed by atoms with E-state index in [-0.39, 0.29) is 0 Å². The summed E-state index contributed by atoms with van der Waals surface area (Å²) in [5.41, 5.74) is 2.48. The SMILES string of the molecule is Cc1ccncc1NC1CCC1C. The lowest BCUT2D eigenvalue weighted by atomic mass is 9.81. The minimum Gasteiger partial charge on any atom is -0.381 e. The molecular formula is C11H16N2. The second-order valence-electron chi connectivity index (χ2n) is 4.00. The van der Waals surface area contributed by atoms with E-state index in [1.54, 1.807) is 0 Å². The van der Waals surface area contributed by atoms with Crippen LogP contribution in [0.2, 0.25) is 0 Å². The zero-order valence-corrected chi connectivity index (χ0v) is 8.25. The van der Waals surface area contributed by atoms with Gasteiger partial charge in [-0.2, -0.15) is 0 Å². The molecule has 1 saturated carbocycles. The Bertz CT molecular complexity index is 296. The largest absolute Gasteiger partial charge is 0.381 e. The Hall–Kier alpha value is -1.05. The fourth-order valence-corrected chi connectivity index (χ4v) is 1.70. The zero-order chi connectivity index (χ0) is 9.26. The van der Waals surface area contributed by atoms with Crippen LogP contribution in [0.3, 0.4) is 0 Å². The lowest BCUT2D eigenvalue weighted by molar-refractivity contribution is 0.303. The Morgan fingerprint density at radius 3 is 2.85 bits per heavy atom. The molecule has 1 aromatic rings. The van der Waals surface area contributed by atoms with Crippen molar-refractivity contribution < 1.29 is 0 Å². The van der Waals surface area contributed by atoms with E-state index in [1.807, 2.05) is 18.5 Å².